The number of benzene rings is 2. The van der Waals surface area contributed by atoms with Crippen LogP contribution in [0, 0.1) is 6.92 Å². The lowest BCUT2D eigenvalue weighted by atomic mass is 10.0. The summed E-state index contributed by atoms with van der Waals surface area (Å²) in [5.74, 6) is -0.111. The van der Waals surface area contributed by atoms with Crippen LogP contribution in [0.1, 0.15) is 28.4 Å². The molecule has 0 fully saturated rings. The summed E-state index contributed by atoms with van der Waals surface area (Å²) in [5.41, 5.74) is 10.1. The van der Waals surface area contributed by atoms with Crippen molar-refractivity contribution in [2.24, 2.45) is 0 Å². The van der Waals surface area contributed by atoms with Crippen molar-refractivity contribution in [3.8, 4) is 0 Å². The normalized spacial score (nSPS) is 10.3. The van der Waals surface area contributed by atoms with Crippen LogP contribution in [-0.4, -0.2) is 5.91 Å². The van der Waals surface area contributed by atoms with Gasteiger partial charge in [-0.2, -0.15) is 0 Å². The van der Waals surface area contributed by atoms with Crippen LogP contribution >= 0.6 is 15.9 Å². The van der Waals surface area contributed by atoms with Gasteiger partial charge in [-0.15, -0.1) is 0 Å². The molecular weight excluding hydrogens is 316 g/mol. The van der Waals surface area contributed by atoms with Gasteiger partial charge < -0.3 is 11.1 Å². The minimum Gasteiger partial charge on any atom is -0.399 e. The Balaban J connectivity index is 2.30. The van der Waals surface area contributed by atoms with Crippen molar-refractivity contribution < 1.29 is 4.79 Å². The Hall–Kier alpha value is -1.81. The molecule has 0 atom stereocenters. The summed E-state index contributed by atoms with van der Waals surface area (Å²) in [5, 5.41) is 2.98. The van der Waals surface area contributed by atoms with Crippen LogP contribution in [0.3, 0.4) is 0 Å². The number of anilines is 2. The summed E-state index contributed by atoms with van der Waals surface area (Å²) in [6.07, 6.45) is 0.821. The molecule has 0 saturated carbocycles. The van der Waals surface area contributed by atoms with Crippen LogP contribution in [0.25, 0.3) is 0 Å². The van der Waals surface area contributed by atoms with E-state index in [-0.39, 0.29) is 5.91 Å². The number of carbonyl (C=O) groups excluding carboxylic acids is 1. The smallest absolute Gasteiger partial charge is 0.255 e. The molecule has 2 aromatic rings. The van der Waals surface area contributed by atoms with E-state index in [1.807, 2.05) is 38.1 Å². The van der Waals surface area contributed by atoms with Gasteiger partial charge in [0.05, 0.1) is 0 Å². The van der Waals surface area contributed by atoms with Crippen molar-refractivity contribution in [1.82, 2.24) is 0 Å². The lowest BCUT2D eigenvalue weighted by Gasteiger charge is -2.14. The average molecular weight is 333 g/mol. The van der Waals surface area contributed by atoms with Crippen molar-refractivity contribution in [2.45, 2.75) is 20.3 Å². The maximum Gasteiger partial charge on any atom is 0.255 e. The molecule has 0 radical (unpaired) electrons. The van der Waals surface area contributed by atoms with E-state index in [1.165, 1.54) is 0 Å². The Morgan fingerprint density at radius 1 is 1.25 bits per heavy atom. The Morgan fingerprint density at radius 3 is 2.50 bits per heavy atom. The Kier molecular flexibility index (Phi) is 4.45. The minimum atomic E-state index is -0.111. The summed E-state index contributed by atoms with van der Waals surface area (Å²) in [7, 11) is 0. The first-order valence-corrected chi connectivity index (χ1v) is 7.26. The molecule has 0 saturated heterocycles. The first-order chi connectivity index (χ1) is 9.51. The molecule has 0 bridgehead atoms. The highest BCUT2D eigenvalue weighted by Gasteiger charge is 2.11. The minimum absolute atomic E-state index is 0.111. The standard InChI is InChI=1S/C16H17BrN2O/c1-3-11-9-14(18)8-10(2)15(11)19-16(20)12-4-6-13(17)7-5-12/h4-9H,3,18H2,1-2H3,(H,19,20). The lowest BCUT2D eigenvalue weighted by molar-refractivity contribution is 0.102. The highest BCUT2D eigenvalue weighted by molar-refractivity contribution is 9.10. The van der Waals surface area contributed by atoms with Crippen LogP contribution in [0.15, 0.2) is 40.9 Å². The fourth-order valence-corrected chi connectivity index (χ4v) is 2.40. The van der Waals surface area contributed by atoms with Gasteiger partial charge in [-0.05, 0) is 60.9 Å². The van der Waals surface area contributed by atoms with Crippen molar-refractivity contribution in [3.63, 3.8) is 0 Å². The number of hydrogen-bond donors (Lipinski definition) is 2. The van der Waals surface area contributed by atoms with E-state index < -0.39 is 0 Å². The molecule has 0 aliphatic carbocycles. The SMILES string of the molecule is CCc1cc(N)cc(C)c1NC(=O)c1ccc(Br)cc1. The summed E-state index contributed by atoms with van der Waals surface area (Å²) >= 11 is 3.36. The zero-order valence-electron chi connectivity index (χ0n) is 11.5. The van der Waals surface area contributed by atoms with Crippen LogP contribution in [-0.2, 0) is 6.42 Å². The van der Waals surface area contributed by atoms with E-state index in [0.29, 0.717) is 5.56 Å². The van der Waals surface area contributed by atoms with E-state index in [4.69, 9.17) is 5.73 Å². The van der Waals surface area contributed by atoms with Gasteiger partial charge in [-0.1, -0.05) is 22.9 Å². The third-order valence-electron chi connectivity index (χ3n) is 3.17. The van der Waals surface area contributed by atoms with E-state index in [9.17, 15) is 4.79 Å². The molecule has 2 aromatic carbocycles. The largest absolute Gasteiger partial charge is 0.399 e. The molecule has 3 N–H and O–H groups in total. The van der Waals surface area contributed by atoms with Crippen LogP contribution in [0.4, 0.5) is 11.4 Å². The molecule has 4 heteroatoms. The van der Waals surface area contributed by atoms with Gasteiger partial charge in [-0.3, -0.25) is 4.79 Å². The number of aryl methyl sites for hydroxylation is 2. The predicted octanol–water partition coefficient (Wildman–Crippen LogP) is 4.15. The zero-order chi connectivity index (χ0) is 14.7. The van der Waals surface area contributed by atoms with Gasteiger partial charge in [0.15, 0.2) is 0 Å². The van der Waals surface area contributed by atoms with Crippen molar-refractivity contribution in [2.75, 3.05) is 11.1 Å². The summed E-state index contributed by atoms with van der Waals surface area (Å²) in [6.45, 7) is 4.00. The number of nitrogens with one attached hydrogen (secondary N) is 1. The predicted molar refractivity (Wildman–Crippen MR) is 87.1 cm³/mol. The maximum absolute atomic E-state index is 12.3. The quantitative estimate of drug-likeness (QED) is 0.829. The number of rotatable bonds is 3. The second-order valence-electron chi connectivity index (χ2n) is 4.69. The third kappa shape index (κ3) is 3.20. The summed E-state index contributed by atoms with van der Waals surface area (Å²) in [6, 6.07) is 11.1. The summed E-state index contributed by atoms with van der Waals surface area (Å²) in [4.78, 5) is 12.3. The molecule has 0 aliphatic heterocycles. The van der Waals surface area contributed by atoms with E-state index in [2.05, 4.69) is 21.2 Å². The topological polar surface area (TPSA) is 55.1 Å². The molecule has 0 spiro atoms. The van der Waals surface area contributed by atoms with Gasteiger partial charge in [0.1, 0.15) is 0 Å². The number of amides is 1. The number of halogens is 1. The Bertz CT molecular complexity index is 636. The Morgan fingerprint density at radius 2 is 1.90 bits per heavy atom. The number of carbonyl (C=O) groups is 1. The first-order valence-electron chi connectivity index (χ1n) is 6.47. The third-order valence-corrected chi connectivity index (χ3v) is 3.69. The average Bonchev–Trinajstić information content (AvgIpc) is 2.42. The molecule has 0 aliphatic rings. The lowest BCUT2D eigenvalue weighted by Crippen LogP contribution is -2.14. The molecule has 20 heavy (non-hydrogen) atoms. The molecule has 3 nitrogen and oxygen atoms in total. The molecule has 0 aromatic heterocycles. The van der Waals surface area contributed by atoms with Crippen molar-refractivity contribution in [3.05, 3.63) is 57.6 Å². The molecular formula is C16H17BrN2O. The number of nitrogens with two attached hydrogens (primary N) is 1. The summed E-state index contributed by atoms with van der Waals surface area (Å²) < 4.78 is 0.951. The van der Waals surface area contributed by atoms with Gasteiger partial charge in [0.2, 0.25) is 0 Å². The fraction of sp³-hybridized carbons (Fsp3) is 0.188. The van der Waals surface area contributed by atoms with Gasteiger partial charge in [-0.25, -0.2) is 0 Å². The molecule has 0 heterocycles. The van der Waals surface area contributed by atoms with Crippen molar-refractivity contribution >= 4 is 33.2 Å². The van der Waals surface area contributed by atoms with Gasteiger partial charge in [0.25, 0.3) is 5.91 Å². The highest BCUT2D eigenvalue weighted by Crippen LogP contribution is 2.25. The highest BCUT2D eigenvalue weighted by atomic mass is 79.9. The number of hydrogen-bond acceptors (Lipinski definition) is 2. The monoisotopic (exact) mass is 332 g/mol. The molecule has 0 unspecified atom stereocenters. The van der Waals surface area contributed by atoms with Crippen LogP contribution in [0.2, 0.25) is 0 Å². The zero-order valence-corrected chi connectivity index (χ0v) is 13.1. The van der Waals surface area contributed by atoms with E-state index in [0.717, 1.165) is 33.4 Å². The second kappa shape index (κ2) is 6.09. The first kappa shape index (κ1) is 14.6. The fourth-order valence-electron chi connectivity index (χ4n) is 2.14. The van der Waals surface area contributed by atoms with Gasteiger partial charge >= 0.3 is 0 Å². The van der Waals surface area contributed by atoms with E-state index in [1.54, 1.807) is 12.1 Å². The molecule has 104 valence electrons. The Labute approximate surface area is 127 Å². The molecule has 2 rings (SSSR count). The van der Waals surface area contributed by atoms with Crippen LogP contribution < -0.4 is 11.1 Å². The second-order valence-corrected chi connectivity index (χ2v) is 5.60. The van der Waals surface area contributed by atoms with Crippen molar-refractivity contribution in [1.29, 1.82) is 0 Å². The number of nitrogen functional groups attached to an aromatic ring is 1. The molecule has 1 amide bonds. The van der Waals surface area contributed by atoms with Crippen LogP contribution in [0.5, 0.6) is 0 Å². The van der Waals surface area contributed by atoms with Gasteiger partial charge in [0, 0.05) is 21.4 Å². The van der Waals surface area contributed by atoms with E-state index >= 15 is 0 Å². The maximum atomic E-state index is 12.3.